The number of hydrogen-bond acceptors (Lipinski definition) is 6. The zero-order chi connectivity index (χ0) is 16.3. The topological polar surface area (TPSA) is 32.3 Å². The average Bonchev–Trinajstić information content (AvgIpc) is 3.33. The Morgan fingerprint density at radius 2 is 1.17 bits per heavy atom. The van der Waals surface area contributed by atoms with Crippen LogP contribution in [0, 0.1) is 0 Å². The smallest absolute Gasteiger partial charge is 0.185 e. The number of fused-ring (bicyclic) bond motifs is 2. The quantitative estimate of drug-likeness (QED) is 0.809. The molecule has 4 nitrogen and oxygen atoms in total. The van der Waals surface area contributed by atoms with Crippen LogP contribution < -0.4 is 9.80 Å². The fraction of sp³-hybridized carbons (Fsp3) is 0.667. The van der Waals surface area contributed by atoms with Gasteiger partial charge in [-0.25, -0.2) is 9.97 Å². The van der Waals surface area contributed by atoms with Gasteiger partial charge in [0.25, 0.3) is 0 Å². The van der Waals surface area contributed by atoms with E-state index < -0.39 is 0 Å². The van der Waals surface area contributed by atoms with Crippen molar-refractivity contribution in [3.63, 3.8) is 0 Å². The molecule has 0 bridgehead atoms. The molecule has 24 heavy (non-hydrogen) atoms. The van der Waals surface area contributed by atoms with Crippen LogP contribution in [-0.2, 0) is 11.8 Å². The molecule has 0 atom stereocenters. The fourth-order valence-corrected chi connectivity index (χ4v) is 6.90. The third kappa shape index (κ3) is 2.22. The van der Waals surface area contributed by atoms with Crippen molar-refractivity contribution in [2.45, 2.75) is 51.4 Å². The zero-order valence-corrected chi connectivity index (χ0v) is 16.1. The Kier molecular flexibility index (Phi) is 3.42. The summed E-state index contributed by atoms with van der Waals surface area (Å²) in [6.07, 6.45) is 6.26. The van der Waals surface area contributed by atoms with E-state index in [0.29, 0.717) is 0 Å². The molecule has 4 heterocycles. The lowest BCUT2D eigenvalue weighted by Crippen LogP contribution is -2.27. The van der Waals surface area contributed by atoms with Gasteiger partial charge in [-0.15, -0.1) is 22.7 Å². The molecule has 0 unspecified atom stereocenters. The molecule has 6 heteroatoms. The number of nitrogens with zero attached hydrogens (tertiary/aromatic N) is 4. The van der Waals surface area contributed by atoms with E-state index in [1.165, 1.54) is 83.3 Å². The van der Waals surface area contributed by atoms with Crippen molar-refractivity contribution in [1.82, 2.24) is 9.97 Å². The summed E-state index contributed by atoms with van der Waals surface area (Å²) in [6, 6.07) is 0. The van der Waals surface area contributed by atoms with Gasteiger partial charge in [-0.05, 0) is 39.5 Å². The van der Waals surface area contributed by atoms with Gasteiger partial charge in [0, 0.05) is 42.4 Å². The molecule has 0 spiro atoms. The summed E-state index contributed by atoms with van der Waals surface area (Å²) in [4.78, 5) is 18.0. The maximum Gasteiger partial charge on any atom is 0.185 e. The molecule has 3 aliphatic rings. The molecule has 1 aliphatic carbocycles. The SMILES string of the molecule is CC1(C)c2nc(N3CCCC3)sc2Cc2sc(N3CCCC3)nc21. The minimum absolute atomic E-state index is 0.0636. The summed E-state index contributed by atoms with van der Waals surface area (Å²) in [7, 11) is 0. The third-order valence-corrected chi connectivity index (χ3v) is 7.86. The summed E-state index contributed by atoms with van der Waals surface area (Å²) >= 11 is 3.84. The van der Waals surface area contributed by atoms with E-state index in [4.69, 9.17) is 9.97 Å². The van der Waals surface area contributed by atoms with E-state index >= 15 is 0 Å². The molecule has 0 aromatic carbocycles. The number of anilines is 2. The van der Waals surface area contributed by atoms with Crippen molar-refractivity contribution < 1.29 is 0 Å². The van der Waals surface area contributed by atoms with Crippen LogP contribution >= 0.6 is 22.7 Å². The molecule has 2 aromatic rings. The van der Waals surface area contributed by atoms with Crippen molar-refractivity contribution in [2.75, 3.05) is 36.0 Å². The maximum atomic E-state index is 5.09. The van der Waals surface area contributed by atoms with Crippen molar-refractivity contribution >= 4 is 32.9 Å². The maximum absolute atomic E-state index is 5.09. The highest BCUT2D eigenvalue weighted by molar-refractivity contribution is 7.17. The molecular weight excluding hydrogens is 336 g/mol. The molecule has 2 fully saturated rings. The first kappa shape index (κ1) is 15.1. The number of aromatic nitrogens is 2. The molecule has 2 aliphatic heterocycles. The summed E-state index contributed by atoms with van der Waals surface area (Å²) in [6.45, 7) is 9.31. The standard InChI is InChI=1S/C18H24N4S2/c1-18(2)14-12(23-16(19-14)21-7-3-4-8-21)11-13-15(18)20-17(24-13)22-9-5-6-10-22/h3-11H2,1-2H3. The first-order chi connectivity index (χ1) is 11.6. The van der Waals surface area contributed by atoms with E-state index in [-0.39, 0.29) is 5.41 Å². The molecular formula is C18H24N4S2. The van der Waals surface area contributed by atoms with E-state index in [0.717, 1.165) is 6.42 Å². The fourth-order valence-electron chi connectivity index (χ4n) is 4.24. The highest BCUT2D eigenvalue weighted by Crippen LogP contribution is 2.47. The van der Waals surface area contributed by atoms with Crippen LogP contribution in [-0.4, -0.2) is 36.1 Å². The van der Waals surface area contributed by atoms with Gasteiger partial charge in [0.2, 0.25) is 0 Å². The van der Waals surface area contributed by atoms with Gasteiger partial charge in [0.05, 0.1) is 16.8 Å². The minimum Gasteiger partial charge on any atom is -0.348 e. The molecule has 2 aromatic heterocycles. The van der Waals surface area contributed by atoms with Crippen LogP contribution in [0.25, 0.3) is 0 Å². The van der Waals surface area contributed by atoms with Crippen LogP contribution in [0.15, 0.2) is 0 Å². The molecule has 128 valence electrons. The van der Waals surface area contributed by atoms with Crippen molar-refractivity contribution in [1.29, 1.82) is 0 Å². The van der Waals surface area contributed by atoms with E-state index in [1.807, 2.05) is 22.7 Å². The summed E-state index contributed by atoms with van der Waals surface area (Å²) in [5.41, 5.74) is 2.49. The Morgan fingerprint density at radius 3 is 1.58 bits per heavy atom. The molecule has 0 amide bonds. The predicted molar refractivity (Wildman–Crippen MR) is 102 cm³/mol. The van der Waals surface area contributed by atoms with Crippen LogP contribution in [0.1, 0.15) is 60.7 Å². The van der Waals surface area contributed by atoms with E-state index in [9.17, 15) is 0 Å². The second-order valence-electron chi connectivity index (χ2n) is 7.73. The Bertz CT molecular complexity index is 702. The molecule has 5 rings (SSSR count). The monoisotopic (exact) mass is 360 g/mol. The van der Waals surface area contributed by atoms with Gasteiger partial charge in [0.1, 0.15) is 0 Å². The lowest BCUT2D eigenvalue weighted by atomic mass is 9.80. The van der Waals surface area contributed by atoms with Crippen molar-refractivity contribution in [3.05, 3.63) is 21.1 Å². The average molecular weight is 361 g/mol. The lowest BCUT2D eigenvalue weighted by molar-refractivity contribution is 0.579. The number of thiazole rings is 2. The van der Waals surface area contributed by atoms with E-state index in [1.54, 1.807) is 0 Å². The molecule has 2 saturated heterocycles. The van der Waals surface area contributed by atoms with Crippen LogP contribution in [0.2, 0.25) is 0 Å². The lowest BCUT2D eigenvalue weighted by Gasteiger charge is -2.27. The predicted octanol–water partition coefficient (Wildman–Crippen LogP) is 4.03. The van der Waals surface area contributed by atoms with Crippen molar-refractivity contribution in [2.24, 2.45) is 0 Å². The largest absolute Gasteiger partial charge is 0.348 e. The van der Waals surface area contributed by atoms with Crippen LogP contribution in [0.3, 0.4) is 0 Å². The van der Waals surface area contributed by atoms with E-state index in [2.05, 4.69) is 23.6 Å². The Balaban J connectivity index is 1.52. The van der Waals surface area contributed by atoms with Crippen LogP contribution in [0.4, 0.5) is 10.3 Å². The Morgan fingerprint density at radius 1 is 0.750 bits per heavy atom. The highest BCUT2D eigenvalue weighted by atomic mass is 32.1. The van der Waals surface area contributed by atoms with Gasteiger partial charge in [-0.3, -0.25) is 0 Å². The number of hydrogen-bond donors (Lipinski definition) is 0. The van der Waals surface area contributed by atoms with Gasteiger partial charge in [0.15, 0.2) is 10.3 Å². The normalized spacial score (nSPS) is 22.1. The van der Waals surface area contributed by atoms with Gasteiger partial charge in [-0.1, -0.05) is 0 Å². The summed E-state index contributed by atoms with van der Waals surface area (Å²) in [5.74, 6) is 0. The summed E-state index contributed by atoms with van der Waals surface area (Å²) in [5, 5.41) is 2.47. The summed E-state index contributed by atoms with van der Waals surface area (Å²) < 4.78 is 0. The molecule has 0 N–H and O–H groups in total. The third-order valence-electron chi connectivity index (χ3n) is 5.63. The molecule has 0 radical (unpaired) electrons. The second kappa shape index (κ2) is 5.43. The first-order valence-electron chi connectivity index (χ1n) is 9.13. The van der Waals surface area contributed by atoms with Gasteiger partial charge in [-0.2, -0.15) is 0 Å². The Hall–Kier alpha value is -1.14. The zero-order valence-electron chi connectivity index (χ0n) is 14.5. The Labute approximate surface area is 151 Å². The number of rotatable bonds is 2. The van der Waals surface area contributed by atoms with Crippen molar-refractivity contribution in [3.8, 4) is 0 Å². The van der Waals surface area contributed by atoms with Gasteiger partial charge >= 0.3 is 0 Å². The molecule has 0 saturated carbocycles. The second-order valence-corrected chi connectivity index (χ2v) is 9.85. The first-order valence-corrected chi connectivity index (χ1v) is 10.8. The van der Waals surface area contributed by atoms with Crippen LogP contribution in [0.5, 0.6) is 0 Å². The minimum atomic E-state index is -0.0636. The van der Waals surface area contributed by atoms with Gasteiger partial charge < -0.3 is 9.80 Å². The highest BCUT2D eigenvalue weighted by Gasteiger charge is 2.40.